The molecule has 0 saturated carbocycles. The molecule has 3 nitrogen and oxygen atoms in total. The van der Waals surface area contributed by atoms with Gasteiger partial charge in [-0.05, 0) is 45.3 Å². The highest BCUT2D eigenvalue weighted by Crippen LogP contribution is 2.05. The zero-order valence-electron chi connectivity index (χ0n) is 10.7. The van der Waals surface area contributed by atoms with E-state index in [-0.39, 0.29) is 0 Å². The molecule has 0 fully saturated rings. The molecule has 0 spiro atoms. The number of aromatic nitrogens is 2. The number of nitrogens with zero attached hydrogens (tertiary/aromatic N) is 2. The second-order valence-electron chi connectivity index (χ2n) is 4.44. The smallest absolute Gasteiger partial charge is 0.0762 e. The highest BCUT2D eigenvalue weighted by Gasteiger charge is 2.04. The first-order chi connectivity index (χ1) is 7.63. The fraction of sp³-hybridized carbons (Fsp3) is 0.750. The molecule has 0 aliphatic rings. The molecular weight excluding hydrogens is 218 g/mol. The van der Waals surface area contributed by atoms with Crippen molar-refractivity contribution in [3.63, 3.8) is 0 Å². The van der Waals surface area contributed by atoms with E-state index in [0.717, 1.165) is 12.2 Å². The Morgan fingerprint density at radius 1 is 1.44 bits per heavy atom. The quantitative estimate of drug-likeness (QED) is 0.796. The van der Waals surface area contributed by atoms with Crippen molar-refractivity contribution in [1.29, 1.82) is 0 Å². The average Bonchev–Trinajstić information content (AvgIpc) is 2.72. The van der Waals surface area contributed by atoms with Gasteiger partial charge in [-0.15, -0.1) is 0 Å². The van der Waals surface area contributed by atoms with E-state index in [9.17, 15) is 0 Å². The molecule has 92 valence electrons. The molecule has 0 amide bonds. The lowest BCUT2D eigenvalue weighted by Crippen LogP contribution is -2.26. The molecule has 1 unspecified atom stereocenters. The van der Waals surface area contributed by atoms with Crippen molar-refractivity contribution in [2.75, 3.05) is 12.0 Å². The molecule has 1 rings (SSSR count). The van der Waals surface area contributed by atoms with Gasteiger partial charge in [0.05, 0.1) is 5.69 Å². The Morgan fingerprint density at radius 2 is 2.19 bits per heavy atom. The summed E-state index contributed by atoms with van der Waals surface area (Å²) in [7, 11) is 0. The molecular formula is C12H23N3S. The van der Waals surface area contributed by atoms with Crippen LogP contribution in [0.2, 0.25) is 0 Å². The summed E-state index contributed by atoms with van der Waals surface area (Å²) in [6.45, 7) is 7.39. The maximum Gasteiger partial charge on any atom is 0.0762 e. The SMILES string of the molecule is CSCCC(C)NCc1ccn(C(C)C)n1. The van der Waals surface area contributed by atoms with Gasteiger partial charge in [0.2, 0.25) is 0 Å². The lowest BCUT2D eigenvalue weighted by molar-refractivity contribution is 0.503. The van der Waals surface area contributed by atoms with Gasteiger partial charge in [-0.2, -0.15) is 16.9 Å². The van der Waals surface area contributed by atoms with Crippen molar-refractivity contribution < 1.29 is 0 Å². The Kier molecular flexibility index (Phi) is 5.91. The molecule has 1 heterocycles. The maximum absolute atomic E-state index is 4.51. The standard InChI is InChI=1S/C12H23N3S/c1-10(2)15-7-5-12(14-15)9-13-11(3)6-8-16-4/h5,7,10-11,13H,6,8-9H2,1-4H3. The molecule has 0 aliphatic carbocycles. The minimum atomic E-state index is 0.447. The van der Waals surface area contributed by atoms with Gasteiger partial charge < -0.3 is 5.32 Å². The van der Waals surface area contributed by atoms with E-state index >= 15 is 0 Å². The average molecular weight is 241 g/mol. The third kappa shape index (κ3) is 4.58. The van der Waals surface area contributed by atoms with Crippen molar-refractivity contribution in [3.05, 3.63) is 18.0 Å². The fourth-order valence-corrected chi connectivity index (χ4v) is 2.02. The third-order valence-corrected chi connectivity index (χ3v) is 3.22. The van der Waals surface area contributed by atoms with Crippen molar-refractivity contribution in [1.82, 2.24) is 15.1 Å². The maximum atomic E-state index is 4.51. The van der Waals surface area contributed by atoms with Gasteiger partial charge in [0.25, 0.3) is 0 Å². The first-order valence-electron chi connectivity index (χ1n) is 5.90. The monoisotopic (exact) mass is 241 g/mol. The van der Waals surface area contributed by atoms with Crippen LogP contribution in [0.15, 0.2) is 12.3 Å². The van der Waals surface area contributed by atoms with Gasteiger partial charge in [-0.25, -0.2) is 0 Å². The number of rotatable bonds is 7. The van der Waals surface area contributed by atoms with Gasteiger partial charge >= 0.3 is 0 Å². The summed E-state index contributed by atoms with van der Waals surface area (Å²) in [6, 6.07) is 3.10. The van der Waals surface area contributed by atoms with Gasteiger partial charge in [0.1, 0.15) is 0 Å². The molecule has 1 aromatic rings. The van der Waals surface area contributed by atoms with Crippen LogP contribution in [0.3, 0.4) is 0 Å². The normalized spacial score (nSPS) is 13.3. The van der Waals surface area contributed by atoms with Gasteiger partial charge in [0, 0.05) is 24.8 Å². The Morgan fingerprint density at radius 3 is 2.75 bits per heavy atom. The molecule has 0 saturated heterocycles. The van der Waals surface area contributed by atoms with Crippen LogP contribution in [-0.2, 0) is 6.54 Å². The van der Waals surface area contributed by atoms with Crippen molar-refractivity contribution >= 4 is 11.8 Å². The largest absolute Gasteiger partial charge is 0.309 e. The molecule has 1 N–H and O–H groups in total. The number of nitrogens with one attached hydrogen (secondary N) is 1. The van der Waals surface area contributed by atoms with Gasteiger partial charge in [-0.3, -0.25) is 4.68 Å². The third-order valence-electron chi connectivity index (χ3n) is 2.58. The second-order valence-corrected chi connectivity index (χ2v) is 5.43. The minimum absolute atomic E-state index is 0.447. The van der Waals surface area contributed by atoms with Gasteiger partial charge in [0.15, 0.2) is 0 Å². The number of thioether (sulfide) groups is 1. The summed E-state index contributed by atoms with van der Waals surface area (Å²) >= 11 is 1.90. The van der Waals surface area contributed by atoms with Crippen molar-refractivity contribution in [3.8, 4) is 0 Å². The van der Waals surface area contributed by atoms with Crippen LogP contribution in [-0.4, -0.2) is 27.8 Å². The van der Waals surface area contributed by atoms with E-state index in [1.165, 1.54) is 12.2 Å². The van der Waals surface area contributed by atoms with Crippen LogP contribution >= 0.6 is 11.8 Å². The van der Waals surface area contributed by atoms with Crippen LogP contribution in [0, 0.1) is 0 Å². The molecule has 0 aromatic carbocycles. The zero-order chi connectivity index (χ0) is 12.0. The summed E-state index contributed by atoms with van der Waals surface area (Å²) in [4.78, 5) is 0. The summed E-state index contributed by atoms with van der Waals surface area (Å²) in [6.07, 6.45) is 5.41. The van der Waals surface area contributed by atoms with E-state index in [1.807, 2.05) is 22.6 Å². The highest BCUT2D eigenvalue weighted by atomic mass is 32.2. The molecule has 0 bridgehead atoms. The Hall–Kier alpha value is -0.480. The number of hydrogen-bond donors (Lipinski definition) is 1. The van der Waals surface area contributed by atoms with Crippen molar-refractivity contribution in [2.45, 2.75) is 45.8 Å². The lowest BCUT2D eigenvalue weighted by Gasteiger charge is -2.11. The second kappa shape index (κ2) is 6.97. The molecule has 4 heteroatoms. The topological polar surface area (TPSA) is 29.9 Å². The summed E-state index contributed by atoms with van der Waals surface area (Å²) in [5, 5.41) is 8.01. The van der Waals surface area contributed by atoms with Crippen LogP contribution in [0.5, 0.6) is 0 Å². The predicted molar refractivity (Wildman–Crippen MR) is 71.9 cm³/mol. The van der Waals surface area contributed by atoms with Crippen LogP contribution < -0.4 is 5.32 Å². The molecule has 0 aliphatic heterocycles. The van der Waals surface area contributed by atoms with E-state index in [1.54, 1.807) is 0 Å². The van der Waals surface area contributed by atoms with Crippen molar-refractivity contribution in [2.24, 2.45) is 0 Å². The first-order valence-corrected chi connectivity index (χ1v) is 7.29. The summed E-state index contributed by atoms with van der Waals surface area (Å²) in [5.41, 5.74) is 1.13. The fourth-order valence-electron chi connectivity index (χ4n) is 1.43. The summed E-state index contributed by atoms with van der Waals surface area (Å²) < 4.78 is 2.00. The Bertz CT molecular complexity index is 296. The number of hydrogen-bond acceptors (Lipinski definition) is 3. The van der Waals surface area contributed by atoms with Gasteiger partial charge in [-0.1, -0.05) is 0 Å². The van der Waals surface area contributed by atoms with Crippen LogP contribution in [0.1, 0.15) is 38.9 Å². The molecule has 16 heavy (non-hydrogen) atoms. The predicted octanol–water partition coefficient (Wildman–Crippen LogP) is 2.70. The Balaban J connectivity index is 2.31. The molecule has 0 radical (unpaired) electrons. The zero-order valence-corrected chi connectivity index (χ0v) is 11.5. The molecule has 1 atom stereocenters. The van der Waals surface area contributed by atoms with E-state index in [2.05, 4.69) is 43.5 Å². The van der Waals surface area contributed by atoms with Crippen LogP contribution in [0.4, 0.5) is 0 Å². The first kappa shape index (κ1) is 13.6. The van der Waals surface area contributed by atoms with E-state index in [4.69, 9.17) is 0 Å². The van der Waals surface area contributed by atoms with Crippen LogP contribution in [0.25, 0.3) is 0 Å². The molecule has 1 aromatic heterocycles. The lowest BCUT2D eigenvalue weighted by atomic mass is 10.2. The summed E-state index contributed by atoms with van der Waals surface area (Å²) in [5.74, 6) is 1.22. The minimum Gasteiger partial charge on any atom is -0.309 e. The van der Waals surface area contributed by atoms with E-state index in [0.29, 0.717) is 12.1 Å². The Labute approximate surface area is 103 Å². The highest BCUT2D eigenvalue weighted by molar-refractivity contribution is 7.98. The van der Waals surface area contributed by atoms with E-state index < -0.39 is 0 Å².